The number of aromatic nitrogens is 7. The molecule has 4 amide bonds. The van der Waals surface area contributed by atoms with E-state index < -0.39 is 41.6 Å². The van der Waals surface area contributed by atoms with Crippen molar-refractivity contribution < 1.29 is 38.6 Å². The van der Waals surface area contributed by atoms with Crippen molar-refractivity contribution in [1.82, 2.24) is 56.2 Å². The zero-order valence-electron chi connectivity index (χ0n) is 44.9. The van der Waals surface area contributed by atoms with Crippen molar-refractivity contribution in [2.75, 3.05) is 32.6 Å². The second-order valence-electron chi connectivity index (χ2n) is 19.5. The van der Waals surface area contributed by atoms with Gasteiger partial charge in [0.05, 0.1) is 46.9 Å². The number of amides is 4. The molecule has 8 heterocycles. The van der Waals surface area contributed by atoms with Gasteiger partial charge < -0.3 is 46.9 Å². The van der Waals surface area contributed by atoms with Gasteiger partial charge in [-0.2, -0.15) is 0 Å². The van der Waals surface area contributed by atoms with E-state index in [1.807, 2.05) is 25.3 Å². The number of anilines is 1. The molecule has 8 N–H and O–H groups in total. The summed E-state index contributed by atoms with van der Waals surface area (Å²) < 4.78 is 11.0. The van der Waals surface area contributed by atoms with Gasteiger partial charge in [-0.1, -0.05) is 50.8 Å². The van der Waals surface area contributed by atoms with E-state index in [0.29, 0.717) is 80.2 Å². The van der Waals surface area contributed by atoms with Crippen molar-refractivity contribution in [1.29, 1.82) is 0 Å². The summed E-state index contributed by atoms with van der Waals surface area (Å²) >= 11 is 7.61. The summed E-state index contributed by atoms with van der Waals surface area (Å²) in [5.74, 6) is -2.20. The first-order chi connectivity index (χ1) is 38.7. The Labute approximate surface area is 490 Å². The zero-order valence-corrected chi connectivity index (χ0v) is 49.8. The van der Waals surface area contributed by atoms with Crippen LogP contribution in [0.4, 0.5) is 5.82 Å². The smallest absolute Gasteiger partial charge is 0.271 e. The van der Waals surface area contributed by atoms with Crippen LogP contribution in [0.3, 0.4) is 0 Å². The molecule has 8 aromatic rings. The average Bonchev–Trinajstić information content (AvgIpc) is 4.37. The first-order valence-corrected chi connectivity index (χ1v) is 30.4. The molecule has 0 saturated heterocycles. The largest absolute Gasteiger partial charge is 0.386 e. The first kappa shape index (κ1) is 58.7. The number of fused-ring (bicyclic) bond motifs is 14. The van der Waals surface area contributed by atoms with E-state index in [9.17, 15) is 29.1 Å². The monoisotopic (exact) mass is 1210 g/mol. The maximum Gasteiger partial charge on any atom is 0.271 e. The third kappa shape index (κ3) is 14.1. The quantitative estimate of drug-likeness (QED) is 0.0563. The van der Waals surface area contributed by atoms with Gasteiger partial charge in [-0.25, -0.2) is 34.9 Å². The number of nitrogens with two attached hydrogens (primary N) is 1. The van der Waals surface area contributed by atoms with Crippen molar-refractivity contribution in [2.45, 2.75) is 83.9 Å². The fourth-order valence-electron chi connectivity index (χ4n) is 8.41. The summed E-state index contributed by atoms with van der Waals surface area (Å²) in [6.45, 7) is 13.0. The molecule has 9 rings (SSSR count). The Morgan fingerprint density at radius 1 is 0.802 bits per heavy atom. The second kappa shape index (κ2) is 25.5. The van der Waals surface area contributed by atoms with Crippen molar-refractivity contribution in [3.63, 3.8) is 0 Å². The number of nitrogens with one attached hydrogen (secondary N) is 5. The average molecular weight is 1210 g/mol. The number of rotatable bonds is 12. The molecule has 0 unspecified atom stereocenters. The zero-order chi connectivity index (χ0) is 57.7. The van der Waals surface area contributed by atoms with Crippen molar-refractivity contribution in [3.05, 3.63) is 118 Å². The summed E-state index contributed by atoms with van der Waals surface area (Å²) in [5, 5.41) is 36.2. The maximum atomic E-state index is 14.4. The summed E-state index contributed by atoms with van der Waals surface area (Å²) in [4.78, 5) is 104. The van der Waals surface area contributed by atoms with Gasteiger partial charge in [0.1, 0.15) is 89.5 Å². The number of carbonyl (C=O) groups excluding carboxylic acids is 5. The predicted octanol–water partition coefficient (Wildman–Crippen LogP) is 8.68. The standard InChI is InChI=1S/C54H57N13O8S6/c1-25(2)30-16-36(68)43-27(4)80-52(67-43)32(17-39(69)56-7)59-47(73)34-22-76-48(61-34)29-14-15-31(50-64-38(24-79-50)63-41(71)20-75-54(5,6)55)58-44(29)33-21-77-51(60-33)35-23-78-53(62-35)45(46(72)28-12-10-9-11-13-28)65-40(70)18-57-26(3)42-37(19-74-8)81-49(30)66-42/h9-15,21-25,30,32,45-46,57,72H,3,16-20,55H2,1-2,4-8H3,(H,56,69)(H,59,73)(H,63,71)(H,65,70)/t30-,32+,45+,46+/m1/s1. The highest BCUT2D eigenvalue weighted by molar-refractivity contribution is 7.15. The number of aryl methyl sites for hydroxylation is 1. The molecule has 27 heteroatoms. The Balaban J connectivity index is 1.12. The summed E-state index contributed by atoms with van der Waals surface area (Å²) in [7, 11) is 3.07. The predicted molar refractivity (Wildman–Crippen MR) is 316 cm³/mol. The number of methoxy groups -OCH3 is 1. The van der Waals surface area contributed by atoms with E-state index in [-0.39, 0.29) is 73.3 Å². The first-order valence-electron chi connectivity index (χ1n) is 25.3. The molecule has 81 heavy (non-hydrogen) atoms. The topological polar surface area (TPSA) is 300 Å². The number of Topliss-reactive ketones (excluding diaryl/α,β-unsaturated/α-hetero) is 1. The van der Waals surface area contributed by atoms with Crippen LogP contribution >= 0.6 is 68.0 Å². The Hall–Kier alpha value is -6.92. The SMILES string of the molecule is C=C1NCC(=O)N[C@@H]([C@@H](O)c2ccccc2)c2nc(cs2)-c2nc(cs2)-c2nc(-c3nc(NC(=O)COC(C)(C)N)cs3)ccc2-c2nc(cs2)C(=O)N[C@@H](CC(=O)NC)c2nc(c(C)s2)C(=O)C[C@H](C(C)C)c2nc1c(COC)s2. The fraction of sp³-hybridized carbons (Fsp3) is 0.333. The van der Waals surface area contributed by atoms with Crippen LogP contribution in [0.25, 0.3) is 49.1 Å². The second-order valence-corrected chi connectivity index (χ2v) is 25.4. The van der Waals surface area contributed by atoms with Crippen molar-refractivity contribution >= 4 is 109 Å². The van der Waals surface area contributed by atoms with Crippen LogP contribution in [0.2, 0.25) is 0 Å². The number of pyridine rings is 1. The highest BCUT2D eigenvalue weighted by Crippen LogP contribution is 2.41. The number of nitrogens with zero attached hydrogens (tertiary/aromatic N) is 7. The van der Waals surface area contributed by atoms with Crippen molar-refractivity contribution in [3.8, 4) is 43.4 Å². The van der Waals surface area contributed by atoms with Gasteiger partial charge in [0.15, 0.2) is 5.78 Å². The molecule has 1 aliphatic rings. The van der Waals surface area contributed by atoms with E-state index >= 15 is 0 Å². The fourth-order valence-corrected chi connectivity index (χ4v) is 14.0. The van der Waals surface area contributed by atoms with Crippen LogP contribution < -0.4 is 32.3 Å². The number of hydrogen-bond donors (Lipinski definition) is 7. The van der Waals surface area contributed by atoms with Gasteiger partial charge >= 0.3 is 0 Å². The van der Waals surface area contributed by atoms with Gasteiger partial charge in [-0.15, -0.1) is 68.0 Å². The number of hydrogen-bond acceptors (Lipinski definition) is 23. The van der Waals surface area contributed by atoms with Crippen LogP contribution in [-0.4, -0.2) is 102 Å². The molecule has 7 aromatic heterocycles. The number of ketones is 1. The summed E-state index contributed by atoms with van der Waals surface area (Å²) in [6, 6.07) is 10.6. The molecular weight excluding hydrogens is 1150 g/mol. The molecule has 21 nitrogen and oxygen atoms in total. The molecule has 0 saturated carbocycles. The van der Waals surface area contributed by atoms with Crippen LogP contribution in [0, 0.1) is 12.8 Å². The Morgan fingerprint density at radius 3 is 2.25 bits per heavy atom. The number of carbonyl (C=O) groups is 5. The van der Waals surface area contributed by atoms with E-state index in [1.54, 1.807) is 80.4 Å². The Bertz CT molecular complexity index is 3610. The summed E-state index contributed by atoms with van der Waals surface area (Å²) in [6.07, 6.45) is -1.32. The van der Waals surface area contributed by atoms with E-state index in [1.165, 1.54) is 75.1 Å². The molecule has 0 aliphatic carbocycles. The Kier molecular flexibility index (Phi) is 18.5. The van der Waals surface area contributed by atoms with E-state index in [0.717, 1.165) is 4.88 Å². The molecule has 0 radical (unpaired) electrons. The van der Waals surface area contributed by atoms with Crippen LogP contribution in [0.1, 0.15) is 122 Å². The lowest BCUT2D eigenvalue weighted by molar-refractivity contribution is -0.126. The minimum Gasteiger partial charge on any atom is -0.386 e. The molecule has 4 atom stereocenters. The lowest BCUT2D eigenvalue weighted by atomic mass is 9.90. The number of benzene rings is 1. The molecule has 1 aromatic carbocycles. The minimum absolute atomic E-state index is 0.0496. The molecule has 0 spiro atoms. The normalized spacial score (nSPS) is 16.8. The minimum atomic E-state index is -1.20. The number of aliphatic hydroxyl groups is 1. The lowest BCUT2D eigenvalue weighted by Crippen LogP contribution is -2.38. The molecule has 422 valence electrons. The number of thiazole rings is 6. The summed E-state index contributed by atoms with van der Waals surface area (Å²) in [5.41, 5.74) is 8.86. The molecule has 0 fully saturated rings. The van der Waals surface area contributed by atoms with Crippen LogP contribution in [-0.2, 0) is 30.5 Å². The van der Waals surface area contributed by atoms with Gasteiger partial charge in [0.2, 0.25) is 11.8 Å². The Morgan fingerprint density at radius 2 is 1.51 bits per heavy atom. The maximum absolute atomic E-state index is 14.4. The van der Waals surface area contributed by atoms with Gasteiger partial charge in [-0.3, -0.25) is 24.0 Å². The van der Waals surface area contributed by atoms with E-state index in [4.69, 9.17) is 45.1 Å². The van der Waals surface area contributed by atoms with Gasteiger partial charge in [0.25, 0.3) is 11.8 Å². The van der Waals surface area contributed by atoms with Gasteiger partial charge in [-0.05, 0) is 44.4 Å². The molecular formula is C54H57N13O8S6. The highest BCUT2D eigenvalue weighted by atomic mass is 32.1. The highest BCUT2D eigenvalue weighted by Gasteiger charge is 2.33. The van der Waals surface area contributed by atoms with Gasteiger partial charge in [0, 0.05) is 58.5 Å². The molecule has 10 bridgehead atoms. The number of ether oxygens (including phenoxy) is 2. The van der Waals surface area contributed by atoms with Crippen LogP contribution in [0.5, 0.6) is 0 Å². The number of aliphatic hydroxyl groups excluding tert-OH is 1. The third-order valence-corrected chi connectivity index (χ3v) is 18.3. The molecule has 1 aliphatic heterocycles. The third-order valence-electron chi connectivity index (χ3n) is 12.6. The lowest BCUT2D eigenvalue weighted by Gasteiger charge is -2.23. The van der Waals surface area contributed by atoms with Crippen LogP contribution in [0.15, 0.2) is 70.6 Å². The van der Waals surface area contributed by atoms with Crippen molar-refractivity contribution in [2.24, 2.45) is 11.7 Å². The van der Waals surface area contributed by atoms with E-state index in [2.05, 4.69) is 38.1 Å².